The predicted octanol–water partition coefficient (Wildman–Crippen LogP) is 0.665. The van der Waals surface area contributed by atoms with E-state index < -0.39 is 0 Å². The Balaban J connectivity index is 2.50. The summed E-state index contributed by atoms with van der Waals surface area (Å²) in [6.45, 7) is 4.92. The predicted molar refractivity (Wildman–Crippen MR) is 60.6 cm³/mol. The molecule has 1 aliphatic heterocycles. The molecule has 0 amide bonds. The van der Waals surface area contributed by atoms with Crippen molar-refractivity contribution < 1.29 is 9.47 Å². The molecule has 0 aromatic carbocycles. The summed E-state index contributed by atoms with van der Waals surface area (Å²) in [5.41, 5.74) is 5.82. The molecule has 1 aliphatic rings. The van der Waals surface area contributed by atoms with Gasteiger partial charge in [0.1, 0.15) is 0 Å². The lowest BCUT2D eigenvalue weighted by Gasteiger charge is -2.40. The molecule has 0 aromatic heterocycles. The summed E-state index contributed by atoms with van der Waals surface area (Å²) in [4.78, 5) is 2.39. The molecule has 1 heterocycles. The van der Waals surface area contributed by atoms with E-state index in [2.05, 4.69) is 11.8 Å². The molecule has 15 heavy (non-hydrogen) atoms. The van der Waals surface area contributed by atoms with Gasteiger partial charge in [-0.25, -0.2) is 0 Å². The molecular formula is C11H24N2O2. The highest BCUT2D eigenvalue weighted by atomic mass is 16.7. The maximum atomic E-state index is 5.82. The third-order valence-electron chi connectivity index (χ3n) is 3.38. The molecule has 2 unspecified atom stereocenters. The topological polar surface area (TPSA) is 47.7 Å². The molecule has 0 spiro atoms. The summed E-state index contributed by atoms with van der Waals surface area (Å²) in [6, 6.07) is 0.478. The summed E-state index contributed by atoms with van der Waals surface area (Å²) in [5, 5.41) is 0. The van der Waals surface area contributed by atoms with Gasteiger partial charge in [0, 0.05) is 33.4 Å². The largest absolute Gasteiger partial charge is 0.355 e. The van der Waals surface area contributed by atoms with Crippen LogP contribution in [-0.2, 0) is 9.47 Å². The summed E-state index contributed by atoms with van der Waals surface area (Å²) >= 11 is 0. The molecule has 1 saturated heterocycles. The number of piperidine rings is 1. The third kappa shape index (κ3) is 3.41. The van der Waals surface area contributed by atoms with Crippen LogP contribution in [0.25, 0.3) is 0 Å². The molecule has 0 aliphatic carbocycles. The first-order valence-electron chi connectivity index (χ1n) is 5.72. The molecule has 90 valence electrons. The lowest BCUT2D eigenvalue weighted by molar-refractivity contribution is -0.125. The van der Waals surface area contributed by atoms with Crippen molar-refractivity contribution in [2.24, 2.45) is 11.7 Å². The Kier molecular flexibility index (Phi) is 5.53. The van der Waals surface area contributed by atoms with Crippen molar-refractivity contribution in [3.05, 3.63) is 0 Å². The minimum Gasteiger partial charge on any atom is -0.355 e. The van der Waals surface area contributed by atoms with Gasteiger partial charge in [-0.3, -0.25) is 4.90 Å². The number of ether oxygens (including phenoxy) is 2. The van der Waals surface area contributed by atoms with E-state index in [1.165, 1.54) is 12.8 Å². The third-order valence-corrected chi connectivity index (χ3v) is 3.38. The minimum atomic E-state index is -0.135. The van der Waals surface area contributed by atoms with Crippen molar-refractivity contribution in [1.82, 2.24) is 4.90 Å². The van der Waals surface area contributed by atoms with Crippen LogP contribution in [0.15, 0.2) is 0 Å². The summed E-state index contributed by atoms with van der Waals surface area (Å²) in [6.07, 6.45) is 2.39. The van der Waals surface area contributed by atoms with E-state index in [0.717, 1.165) is 19.6 Å². The maximum absolute atomic E-state index is 5.82. The van der Waals surface area contributed by atoms with Crippen molar-refractivity contribution in [3.63, 3.8) is 0 Å². The molecular weight excluding hydrogens is 192 g/mol. The van der Waals surface area contributed by atoms with E-state index in [-0.39, 0.29) is 6.29 Å². The van der Waals surface area contributed by atoms with Gasteiger partial charge in [0.15, 0.2) is 6.29 Å². The normalized spacial score (nSPS) is 28.6. The highest BCUT2D eigenvalue weighted by Gasteiger charge is 2.28. The second-order valence-corrected chi connectivity index (χ2v) is 4.32. The molecule has 4 heteroatoms. The van der Waals surface area contributed by atoms with Gasteiger partial charge in [0.05, 0.1) is 0 Å². The Hall–Kier alpha value is -0.160. The maximum Gasteiger partial charge on any atom is 0.169 e. The number of nitrogens with two attached hydrogens (primary N) is 1. The smallest absolute Gasteiger partial charge is 0.169 e. The fraction of sp³-hybridized carbons (Fsp3) is 1.00. The van der Waals surface area contributed by atoms with Gasteiger partial charge in [0.25, 0.3) is 0 Å². The monoisotopic (exact) mass is 216 g/mol. The number of hydrogen-bond donors (Lipinski definition) is 1. The summed E-state index contributed by atoms with van der Waals surface area (Å²) in [5.74, 6) is 0.679. The van der Waals surface area contributed by atoms with Gasteiger partial charge in [-0.1, -0.05) is 6.92 Å². The lowest BCUT2D eigenvalue weighted by Crippen LogP contribution is -2.51. The van der Waals surface area contributed by atoms with Crippen LogP contribution in [0.2, 0.25) is 0 Å². The SMILES string of the molecule is COC(CN1CCCC(C)C1CN)OC. The zero-order valence-electron chi connectivity index (χ0n) is 10.1. The van der Waals surface area contributed by atoms with Gasteiger partial charge in [0.2, 0.25) is 0 Å². The van der Waals surface area contributed by atoms with E-state index in [1.54, 1.807) is 14.2 Å². The molecule has 1 rings (SSSR count). The number of nitrogens with zero attached hydrogens (tertiary/aromatic N) is 1. The van der Waals surface area contributed by atoms with Crippen molar-refractivity contribution in [2.75, 3.05) is 33.9 Å². The highest BCUT2D eigenvalue weighted by molar-refractivity contribution is 4.83. The zero-order chi connectivity index (χ0) is 11.3. The molecule has 4 nitrogen and oxygen atoms in total. The Morgan fingerprint density at radius 1 is 1.40 bits per heavy atom. The number of rotatable bonds is 5. The molecule has 0 bridgehead atoms. The van der Waals surface area contributed by atoms with Crippen molar-refractivity contribution >= 4 is 0 Å². The highest BCUT2D eigenvalue weighted by Crippen LogP contribution is 2.22. The van der Waals surface area contributed by atoms with Crippen LogP contribution in [0.5, 0.6) is 0 Å². The average Bonchev–Trinajstić information content (AvgIpc) is 2.26. The van der Waals surface area contributed by atoms with Gasteiger partial charge in [-0.15, -0.1) is 0 Å². The first kappa shape index (κ1) is 12.9. The quantitative estimate of drug-likeness (QED) is 0.686. The van der Waals surface area contributed by atoms with Crippen LogP contribution < -0.4 is 5.73 Å². The van der Waals surface area contributed by atoms with Crippen LogP contribution >= 0.6 is 0 Å². The first-order chi connectivity index (χ1) is 7.22. The van der Waals surface area contributed by atoms with Gasteiger partial charge < -0.3 is 15.2 Å². The van der Waals surface area contributed by atoms with E-state index >= 15 is 0 Å². The standard InChI is InChI=1S/C11H24N2O2/c1-9-5-4-6-13(10(9)7-12)8-11(14-2)15-3/h9-11H,4-8,12H2,1-3H3. The first-order valence-corrected chi connectivity index (χ1v) is 5.72. The van der Waals surface area contributed by atoms with E-state index in [9.17, 15) is 0 Å². The second kappa shape index (κ2) is 6.43. The van der Waals surface area contributed by atoms with E-state index in [4.69, 9.17) is 15.2 Å². The van der Waals surface area contributed by atoms with Gasteiger partial charge in [-0.05, 0) is 25.3 Å². The van der Waals surface area contributed by atoms with Crippen LogP contribution in [0.1, 0.15) is 19.8 Å². The minimum absolute atomic E-state index is 0.135. The molecule has 0 saturated carbocycles. The van der Waals surface area contributed by atoms with Crippen LogP contribution in [0, 0.1) is 5.92 Å². The van der Waals surface area contributed by atoms with E-state index in [0.29, 0.717) is 12.0 Å². The van der Waals surface area contributed by atoms with Crippen LogP contribution in [0.4, 0.5) is 0 Å². The summed E-state index contributed by atoms with van der Waals surface area (Å²) in [7, 11) is 3.36. The Morgan fingerprint density at radius 3 is 2.60 bits per heavy atom. The van der Waals surface area contributed by atoms with Gasteiger partial charge >= 0.3 is 0 Å². The Labute approximate surface area is 92.7 Å². The number of methoxy groups -OCH3 is 2. The van der Waals surface area contributed by atoms with Crippen LogP contribution in [0.3, 0.4) is 0 Å². The lowest BCUT2D eigenvalue weighted by atomic mass is 9.91. The van der Waals surface area contributed by atoms with Crippen molar-refractivity contribution in [1.29, 1.82) is 0 Å². The molecule has 2 atom stereocenters. The molecule has 0 aromatic rings. The van der Waals surface area contributed by atoms with Gasteiger partial charge in [-0.2, -0.15) is 0 Å². The van der Waals surface area contributed by atoms with E-state index in [1.807, 2.05) is 0 Å². The second-order valence-electron chi connectivity index (χ2n) is 4.32. The molecule has 0 radical (unpaired) electrons. The Bertz CT molecular complexity index is 174. The Morgan fingerprint density at radius 2 is 2.07 bits per heavy atom. The van der Waals surface area contributed by atoms with Crippen molar-refractivity contribution in [3.8, 4) is 0 Å². The molecule has 2 N–H and O–H groups in total. The van der Waals surface area contributed by atoms with Crippen molar-refractivity contribution in [2.45, 2.75) is 32.1 Å². The number of hydrogen-bond acceptors (Lipinski definition) is 4. The fourth-order valence-electron chi connectivity index (χ4n) is 2.38. The summed E-state index contributed by atoms with van der Waals surface area (Å²) < 4.78 is 10.5. The van der Waals surface area contributed by atoms with Crippen LogP contribution in [-0.4, -0.2) is 51.1 Å². The molecule has 1 fully saturated rings. The zero-order valence-corrected chi connectivity index (χ0v) is 10.1. The number of likely N-dealkylation sites (tertiary alicyclic amines) is 1. The fourth-order valence-corrected chi connectivity index (χ4v) is 2.38. The average molecular weight is 216 g/mol.